The molecule has 0 unspecified atom stereocenters. The van der Waals surface area contributed by atoms with Gasteiger partial charge in [0.25, 0.3) is 0 Å². The maximum atomic E-state index is 2.49. The molecule has 0 aliphatic heterocycles. The second kappa shape index (κ2) is 17.4. The Morgan fingerprint density at radius 3 is 1.32 bits per heavy atom. The molecule has 1 heterocycles. The van der Waals surface area contributed by atoms with Gasteiger partial charge in [0.15, 0.2) is 0 Å². The highest BCUT2D eigenvalue weighted by Crippen LogP contribution is 2.66. The first-order chi connectivity index (χ1) is 37.7. The number of anilines is 3. The van der Waals surface area contributed by atoms with Crippen molar-refractivity contribution in [3.63, 3.8) is 0 Å². The maximum Gasteiger partial charge on any atom is 0.0720 e. The first-order valence-corrected chi connectivity index (χ1v) is 26.4. The molecule has 2 aliphatic carbocycles. The summed E-state index contributed by atoms with van der Waals surface area (Å²) < 4.78 is 2.38. The Bertz CT molecular complexity index is 4220. The lowest BCUT2D eigenvalue weighted by Gasteiger charge is -2.50. The molecule has 0 bridgehead atoms. The third-order valence-electron chi connectivity index (χ3n) is 16.5. The van der Waals surface area contributed by atoms with E-state index >= 15 is 0 Å². The van der Waals surface area contributed by atoms with Gasteiger partial charge < -0.3 is 9.47 Å². The number of rotatable bonds is 8. The van der Waals surface area contributed by atoms with E-state index < -0.39 is 10.8 Å². The molecule has 2 heteroatoms. The van der Waals surface area contributed by atoms with Gasteiger partial charge in [-0.05, 0) is 133 Å². The van der Waals surface area contributed by atoms with Crippen molar-refractivity contribution >= 4 is 38.9 Å². The smallest absolute Gasteiger partial charge is 0.0720 e. The van der Waals surface area contributed by atoms with Gasteiger partial charge in [-0.3, -0.25) is 0 Å². The summed E-state index contributed by atoms with van der Waals surface area (Å²) in [4.78, 5) is 2.49. The van der Waals surface area contributed by atoms with Crippen molar-refractivity contribution in [3.8, 4) is 39.1 Å². The van der Waals surface area contributed by atoms with Crippen molar-refractivity contribution in [2.45, 2.75) is 10.8 Å². The van der Waals surface area contributed by atoms with Crippen molar-refractivity contribution in [1.82, 2.24) is 4.57 Å². The molecule has 0 saturated heterocycles. The van der Waals surface area contributed by atoms with E-state index in [2.05, 4.69) is 313 Å². The lowest BCUT2D eigenvalue weighted by molar-refractivity contribution is 0.623. The minimum atomic E-state index is -0.628. The zero-order valence-electron chi connectivity index (χ0n) is 41.8. The van der Waals surface area contributed by atoms with Crippen LogP contribution >= 0.6 is 0 Å². The van der Waals surface area contributed by atoms with Crippen LogP contribution in [0.5, 0.6) is 0 Å². The Morgan fingerprint density at radius 2 is 0.711 bits per heavy atom. The lowest BCUT2D eigenvalue weighted by atomic mass is 9.51. The summed E-state index contributed by atoms with van der Waals surface area (Å²) >= 11 is 0. The van der Waals surface area contributed by atoms with E-state index in [1.807, 2.05) is 0 Å². The minimum absolute atomic E-state index is 0.575. The van der Waals surface area contributed by atoms with Gasteiger partial charge in [0.05, 0.1) is 27.6 Å². The molecular formula is C74H50N2. The molecule has 76 heavy (non-hydrogen) atoms. The summed E-state index contributed by atoms with van der Waals surface area (Å²) in [6.07, 6.45) is 0. The van der Waals surface area contributed by atoms with Crippen LogP contribution in [-0.4, -0.2) is 4.57 Å². The summed E-state index contributed by atoms with van der Waals surface area (Å²) in [5, 5.41) is 2.49. The molecule has 0 amide bonds. The van der Waals surface area contributed by atoms with E-state index in [4.69, 9.17) is 0 Å². The van der Waals surface area contributed by atoms with Crippen LogP contribution in [0, 0.1) is 0 Å². The number of hydrogen-bond donors (Lipinski definition) is 0. The summed E-state index contributed by atoms with van der Waals surface area (Å²) in [6.45, 7) is 0. The Balaban J connectivity index is 0.941. The van der Waals surface area contributed by atoms with Crippen LogP contribution in [0.3, 0.4) is 0 Å². The summed E-state index contributed by atoms with van der Waals surface area (Å²) in [5.41, 5.74) is 23.2. The van der Waals surface area contributed by atoms with Crippen LogP contribution in [0.4, 0.5) is 17.1 Å². The number of aromatic nitrogens is 1. The molecule has 0 N–H and O–H groups in total. The van der Waals surface area contributed by atoms with Gasteiger partial charge in [0.2, 0.25) is 0 Å². The molecule has 356 valence electrons. The monoisotopic (exact) mass is 966 g/mol. The predicted octanol–water partition coefficient (Wildman–Crippen LogP) is 18.6. The number of nitrogens with zero attached hydrogens (tertiary/aromatic N) is 2. The maximum absolute atomic E-state index is 2.49. The normalized spacial score (nSPS) is 13.5. The summed E-state index contributed by atoms with van der Waals surface area (Å²) in [7, 11) is 0. The molecular weight excluding hydrogens is 917 g/mol. The largest absolute Gasteiger partial charge is 0.310 e. The number of benzene rings is 12. The van der Waals surface area contributed by atoms with Crippen molar-refractivity contribution in [2.24, 2.45) is 0 Å². The first kappa shape index (κ1) is 43.8. The fourth-order valence-corrected chi connectivity index (χ4v) is 13.5. The van der Waals surface area contributed by atoms with E-state index in [9.17, 15) is 0 Å². The predicted molar refractivity (Wildman–Crippen MR) is 316 cm³/mol. The van der Waals surface area contributed by atoms with Gasteiger partial charge in [-0.2, -0.15) is 0 Å². The molecule has 0 radical (unpaired) electrons. The van der Waals surface area contributed by atoms with Crippen LogP contribution in [0.2, 0.25) is 0 Å². The molecule has 1 aromatic heterocycles. The number of hydrogen-bond acceptors (Lipinski definition) is 1. The standard InChI is InChI=1S/C74H50N2/c1-5-22-51(23-6-1)52-40-45-58(46-41-52)75(59-47-42-53(43-48-59)54-44-49-70-62(50-54)60-30-14-20-38-69(60)76(70)57-28-11-4-12-29-57)71-39-21-37-68-72(71)61-31-13-15-32-63(61)74(68)66-35-18-16-33-64(66)73(55-24-7-2-8-25-55,56-26-9-3-10-27-56)65-34-17-19-36-67(65)74/h1-50H. The van der Waals surface area contributed by atoms with Crippen LogP contribution < -0.4 is 4.90 Å². The molecule has 0 fully saturated rings. The van der Waals surface area contributed by atoms with Crippen molar-refractivity contribution in [2.75, 3.05) is 4.90 Å². The Morgan fingerprint density at radius 1 is 0.276 bits per heavy atom. The average Bonchev–Trinajstić information content (AvgIpc) is 4.15. The number of para-hydroxylation sites is 2. The molecule has 12 aromatic carbocycles. The van der Waals surface area contributed by atoms with Gasteiger partial charge in [-0.15, -0.1) is 0 Å². The fourth-order valence-electron chi connectivity index (χ4n) is 13.5. The SMILES string of the molecule is c1ccc(-c2ccc(N(c3ccc(-c4ccc5c(c4)c4ccccc4n5-c4ccccc4)cc3)c3cccc4c3-c3ccccc3C43c4ccccc4C(c4ccccc4)(c4ccccc4)c4ccccc43)cc2)cc1. The van der Waals surface area contributed by atoms with Gasteiger partial charge in [-0.1, -0.05) is 243 Å². The van der Waals surface area contributed by atoms with Crippen LogP contribution in [0.25, 0.3) is 60.9 Å². The van der Waals surface area contributed by atoms with Gasteiger partial charge in [0.1, 0.15) is 0 Å². The van der Waals surface area contributed by atoms with E-state index in [1.165, 1.54) is 99.7 Å². The van der Waals surface area contributed by atoms with E-state index in [-0.39, 0.29) is 0 Å². The van der Waals surface area contributed by atoms with Crippen molar-refractivity contribution in [1.29, 1.82) is 0 Å². The summed E-state index contributed by atoms with van der Waals surface area (Å²) in [6, 6.07) is 113. The van der Waals surface area contributed by atoms with Gasteiger partial charge in [0, 0.05) is 33.4 Å². The molecule has 15 rings (SSSR count). The third kappa shape index (κ3) is 6.34. The molecule has 0 atom stereocenters. The zero-order valence-corrected chi connectivity index (χ0v) is 41.8. The molecule has 1 spiro atoms. The highest BCUT2D eigenvalue weighted by molar-refractivity contribution is 6.10. The van der Waals surface area contributed by atoms with E-state index in [0.717, 1.165) is 22.7 Å². The highest BCUT2D eigenvalue weighted by atomic mass is 15.1. The van der Waals surface area contributed by atoms with Crippen molar-refractivity contribution < 1.29 is 0 Å². The lowest BCUT2D eigenvalue weighted by Crippen LogP contribution is -2.44. The van der Waals surface area contributed by atoms with E-state index in [0.29, 0.717) is 0 Å². The molecule has 2 aliphatic rings. The second-order valence-electron chi connectivity index (χ2n) is 20.3. The van der Waals surface area contributed by atoms with Crippen LogP contribution in [-0.2, 0) is 10.8 Å². The van der Waals surface area contributed by atoms with Gasteiger partial charge >= 0.3 is 0 Å². The Kier molecular flexibility index (Phi) is 10.0. The quantitative estimate of drug-likeness (QED) is 0.147. The second-order valence-corrected chi connectivity index (χ2v) is 20.3. The fraction of sp³-hybridized carbons (Fsp3) is 0.0270. The highest BCUT2D eigenvalue weighted by Gasteiger charge is 2.57. The van der Waals surface area contributed by atoms with Gasteiger partial charge in [-0.25, -0.2) is 0 Å². The van der Waals surface area contributed by atoms with Crippen LogP contribution in [0.15, 0.2) is 303 Å². The number of fused-ring (bicyclic) bond motifs is 12. The molecule has 0 saturated carbocycles. The van der Waals surface area contributed by atoms with Crippen LogP contribution in [0.1, 0.15) is 44.5 Å². The Labute approximate surface area is 443 Å². The molecule has 2 nitrogen and oxygen atoms in total. The van der Waals surface area contributed by atoms with Crippen molar-refractivity contribution in [3.05, 3.63) is 348 Å². The third-order valence-corrected chi connectivity index (χ3v) is 16.5. The summed E-state index contributed by atoms with van der Waals surface area (Å²) in [5.74, 6) is 0. The molecule has 13 aromatic rings. The zero-order chi connectivity index (χ0) is 50.2. The topological polar surface area (TPSA) is 8.17 Å². The average molecular weight is 967 g/mol. The first-order valence-electron chi connectivity index (χ1n) is 26.4. The van der Waals surface area contributed by atoms with E-state index in [1.54, 1.807) is 0 Å². The Hall–Kier alpha value is -9.76. The minimum Gasteiger partial charge on any atom is -0.310 e.